The van der Waals surface area contributed by atoms with Gasteiger partial charge in [-0.05, 0) is 6.42 Å². The largest absolute Gasteiger partial charge is 0.477 e. The molecule has 0 heterocycles. The smallest absolute Gasteiger partial charge is 0.362 e. The maximum absolute atomic E-state index is 11.1. The monoisotopic (exact) mass is 230 g/mol. The highest BCUT2D eigenvalue weighted by molar-refractivity contribution is 5.72. The number of carboxylic acids is 1. The first-order chi connectivity index (χ1) is 7.39. The van der Waals surface area contributed by atoms with Crippen molar-refractivity contribution in [1.29, 1.82) is 0 Å². The van der Waals surface area contributed by atoms with Crippen LogP contribution in [0.15, 0.2) is 0 Å². The summed E-state index contributed by atoms with van der Waals surface area (Å²) < 4.78 is 0.518. The van der Waals surface area contributed by atoms with Crippen LogP contribution in [0.4, 0.5) is 0 Å². The minimum absolute atomic E-state index is 0.258. The van der Waals surface area contributed by atoms with E-state index < -0.39 is 5.97 Å². The molecule has 0 radical (unpaired) electrons. The predicted molar refractivity (Wildman–Crippen MR) is 67.4 cm³/mol. The average molecular weight is 230 g/mol. The Morgan fingerprint density at radius 2 is 1.56 bits per heavy atom. The molecule has 1 unspecified atom stereocenters. The lowest BCUT2D eigenvalue weighted by Crippen LogP contribution is -2.49. The minimum atomic E-state index is -0.666. The first kappa shape index (κ1) is 15.4. The molecule has 3 heteroatoms. The van der Waals surface area contributed by atoms with Gasteiger partial charge in [0.05, 0.1) is 21.1 Å². The molecular formula is C13H28NO2+. The maximum atomic E-state index is 11.1. The zero-order valence-corrected chi connectivity index (χ0v) is 11.3. The molecule has 0 fully saturated rings. The van der Waals surface area contributed by atoms with Crippen LogP contribution in [0.1, 0.15) is 51.9 Å². The summed E-state index contributed by atoms with van der Waals surface area (Å²) in [6.45, 7) is 2.21. The summed E-state index contributed by atoms with van der Waals surface area (Å²) in [4.78, 5) is 11.1. The van der Waals surface area contributed by atoms with Gasteiger partial charge in [-0.3, -0.25) is 0 Å². The third-order valence-corrected chi connectivity index (χ3v) is 3.05. The Bertz CT molecular complexity index is 197. The SMILES string of the molecule is CCCCCCCCC(C(=O)O)[N+](C)(C)C. The molecule has 16 heavy (non-hydrogen) atoms. The summed E-state index contributed by atoms with van der Waals surface area (Å²) in [6, 6.07) is -0.258. The van der Waals surface area contributed by atoms with Crippen LogP contribution < -0.4 is 0 Å². The van der Waals surface area contributed by atoms with E-state index in [4.69, 9.17) is 5.11 Å². The summed E-state index contributed by atoms with van der Waals surface area (Å²) in [5, 5.41) is 9.13. The predicted octanol–water partition coefficient (Wildman–Crippen LogP) is 2.90. The third kappa shape index (κ3) is 6.83. The molecule has 96 valence electrons. The van der Waals surface area contributed by atoms with Crippen LogP contribution >= 0.6 is 0 Å². The molecule has 3 nitrogen and oxygen atoms in total. The van der Waals surface area contributed by atoms with Gasteiger partial charge in [0.2, 0.25) is 0 Å². The van der Waals surface area contributed by atoms with Gasteiger partial charge in [-0.25, -0.2) is 4.79 Å². The van der Waals surface area contributed by atoms with Crippen molar-refractivity contribution in [3.8, 4) is 0 Å². The molecule has 0 aromatic heterocycles. The number of carbonyl (C=O) groups is 1. The zero-order valence-electron chi connectivity index (χ0n) is 11.3. The highest BCUT2D eigenvalue weighted by Crippen LogP contribution is 2.14. The number of unbranched alkanes of at least 4 members (excludes halogenated alkanes) is 5. The van der Waals surface area contributed by atoms with E-state index in [1.807, 2.05) is 21.1 Å². The summed E-state index contributed by atoms with van der Waals surface area (Å²) >= 11 is 0. The Labute approximate surface area is 100 Å². The normalized spacial score (nSPS) is 13.8. The number of likely N-dealkylation sites (N-methyl/N-ethyl adjacent to an activating group) is 1. The second kappa shape index (κ2) is 7.66. The number of quaternary nitrogens is 1. The minimum Gasteiger partial charge on any atom is -0.477 e. The number of nitrogens with zero attached hydrogens (tertiary/aromatic N) is 1. The molecule has 1 N–H and O–H groups in total. The fourth-order valence-corrected chi connectivity index (χ4v) is 1.96. The van der Waals surface area contributed by atoms with Gasteiger partial charge in [0, 0.05) is 6.42 Å². The van der Waals surface area contributed by atoms with Crippen molar-refractivity contribution in [2.75, 3.05) is 21.1 Å². The van der Waals surface area contributed by atoms with E-state index in [9.17, 15) is 4.79 Å². The van der Waals surface area contributed by atoms with E-state index in [0.29, 0.717) is 4.48 Å². The van der Waals surface area contributed by atoms with E-state index >= 15 is 0 Å². The van der Waals surface area contributed by atoms with Crippen molar-refractivity contribution in [1.82, 2.24) is 0 Å². The van der Waals surface area contributed by atoms with Crippen molar-refractivity contribution in [2.24, 2.45) is 0 Å². The number of aliphatic carboxylic acids is 1. The lowest BCUT2D eigenvalue weighted by molar-refractivity contribution is -0.887. The first-order valence-electron chi connectivity index (χ1n) is 6.43. The molecule has 0 aliphatic rings. The van der Waals surface area contributed by atoms with Crippen molar-refractivity contribution in [2.45, 2.75) is 57.9 Å². The second-order valence-electron chi connectivity index (χ2n) is 5.53. The van der Waals surface area contributed by atoms with Gasteiger partial charge in [-0.15, -0.1) is 0 Å². The van der Waals surface area contributed by atoms with Gasteiger partial charge in [-0.2, -0.15) is 0 Å². The summed E-state index contributed by atoms with van der Waals surface area (Å²) in [6.07, 6.45) is 8.11. The Morgan fingerprint density at radius 3 is 2.00 bits per heavy atom. The lowest BCUT2D eigenvalue weighted by atomic mass is 10.0. The molecule has 0 saturated heterocycles. The van der Waals surface area contributed by atoms with Crippen molar-refractivity contribution < 1.29 is 14.4 Å². The van der Waals surface area contributed by atoms with Crippen molar-refractivity contribution in [3.05, 3.63) is 0 Å². The lowest BCUT2D eigenvalue weighted by Gasteiger charge is -2.31. The fourth-order valence-electron chi connectivity index (χ4n) is 1.96. The topological polar surface area (TPSA) is 37.3 Å². The van der Waals surface area contributed by atoms with Crippen molar-refractivity contribution >= 4 is 5.97 Å². The van der Waals surface area contributed by atoms with Gasteiger partial charge in [0.25, 0.3) is 0 Å². The highest BCUT2D eigenvalue weighted by Gasteiger charge is 2.30. The molecule has 0 spiro atoms. The van der Waals surface area contributed by atoms with E-state index in [1.165, 1.54) is 32.1 Å². The van der Waals surface area contributed by atoms with E-state index in [2.05, 4.69) is 6.92 Å². The van der Waals surface area contributed by atoms with Crippen LogP contribution in [0.25, 0.3) is 0 Å². The van der Waals surface area contributed by atoms with Gasteiger partial charge in [0.1, 0.15) is 0 Å². The molecule has 0 aromatic rings. The Kier molecular flexibility index (Phi) is 7.39. The van der Waals surface area contributed by atoms with Gasteiger partial charge in [-0.1, -0.05) is 39.0 Å². The van der Waals surface area contributed by atoms with Crippen LogP contribution in [0.2, 0.25) is 0 Å². The first-order valence-corrected chi connectivity index (χ1v) is 6.43. The summed E-state index contributed by atoms with van der Waals surface area (Å²) in [5.74, 6) is -0.666. The molecule has 0 aliphatic heterocycles. The highest BCUT2D eigenvalue weighted by atomic mass is 16.4. The number of hydrogen-bond acceptors (Lipinski definition) is 1. The van der Waals surface area contributed by atoms with Crippen molar-refractivity contribution in [3.63, 3.8) is 0 Å². The van der Waals surface area contributed by atoms with Gasteiger partial charge < -0.3 is 9.59 Å². The maximum Gasteiger partial charge on any atom is 0.362 e. The molecule has 1 atom stereocenters. The Morgan fingerprint density at radius 1 is 1.06 bits per heavy atom. The molecule has 0 aromatic carbocycles. The van der Waals surface area contributed by atoms with Crippen LogP contribution in [0.3, 0.4) is 0 Å². The van der Waals surface area contributed by atoms with E-state index in [-0.39, 0.29) is 6.04 Å². The molecular weight excluding hydrogens is 202 g/mol. The number of hydrogen-bond donors (Lipinski definition) is 1. The Hall–Kier alpha value is -0.570. The number of carboxylic acid groups (broad SMARTS) is 1. The quantitative estimate of drug-likeness (QED) is 0.488. The fraction of sp³-hybridized carbons (Fsp3) is 0.923. The van der Waals surface area contributed by atoms with Crippen LogP contribution in [0, 0.1) is 0 Å². The molecule has 0 amide bonds. The van der Waals surface area contributed by atoms with Gasteiger partial charge >= 0.3 is 5.97 Å². The van der Waals surface area contributed by atoms with Crippen LogP contribution in [-0.4, -0.2) is 42.7 Å². The average Bonchev–Trinajstić information content (AvgIpc) is 2.13. The van der Waals surface area contributed by atoms with E-state index in [0.717, 1.165) is 12.8 Å². The molecule has 0 aliphatic carbocycles. The summed E-state index contributed by atoms with van der Waals surface area (Å²) in [7, 11) is 5.86. The molecule has 0 rings (SSSR count). The standard InChI is InChI=1S/C13H27NO2/c1-5-6-7-8-9-10-11-12(13(15)16)14(2,3)4/h12H,5-11H2,1-4H3/p+1. The zero-order chi connectivity index (χ0) is 12.6. The van der Waals surface area contributed by atoms with Gasteiger partial charge in [0.15, 0.2) is 6.04 Å². The third-order valence-electron chi connectivity index (χ3n) is 3.05. The van der Waals surface area contributed by atoms with E-state index in [1.54, 1.807) is 0 Å². The number of rotatable bonds is 9. The van der Waals surface area contributed by atoms with Crippen LogP contribution in [-0.2, 0) is 4.79 Å². The second-order valence-corrected chi connectivity index (χ2v) is 5.53. The summed E-state index contributed by atoms with van der Waals surface area (Å²) in [5.41, 5.74) is 0. The molecule has 0 bridgehead atoms. The van der Waals surface area contributed by atoms with Crippen LogP contribution in [0.5, 0.6) is 0 Å². The molecule has 0 saturated carbocycles. The Balaban J connectivity index is 3.75.